The molecule has 1 atom stereocenters. The SMILES string of the molecule is CCC(C)N(CC(=O)O)C(=O)CN1C(=O)CCc2ccccc21. The molecule has 23 heavy (non-hydrogen) atoms. The van der Waals surface area contributed by atoms with Gasteiger partial charge in [0.05, 0.1) is 0 Å². The van der Waals surface area contributed by atoms with Gasteiger partial charge >= 0.3 is 5.97 Å². The average molecular weight is 318 g/mol. The van der Waals surface area contributed by atoms with E-state index in [-0.39, 0.29) is 30.9 Å². The van der Waals surface area contributed by atoms with Gasteiger partial charge in [-0.15, -0.1) is 0 Å². The number of amides is 2. The maximum atomic E-state index is 12.6. The second-order valence-corrected chi connectivity index (χ2v) is 5.78. The van der Waals surface area contributed by atoms with Crippen molar-refractivity contribution in [3.63, 3.8) is 0 Å². The minimum absolute atomic E-state index is 0.100. The van der Waals surface area contributed by atoms with Crippen LogP contribution in [0.5, 0.6) is 0 Å². The van der Waals surface area contributed by atoms with E-state index in [1.165, 1.54) is 9.80 Å². The highest BCUT2D eigenvalue weighted by Gasteiger charge is 2.29. The molecule has 1 aliphatic heterocycles. The van der Waals surface area contributed by atoms with E-state index >= 15 is 0 Å². The molecule has 0 aliphatic carbocycles. The number of fused-ring (bicyclic) bond motifs is 1. The molecule has 0 fully saturated rings. The van der Waals surface area contributed by atoms with Gasteiger partial charge in [0, 0.05) is 18.2 Å². The first-order valence-corrected chi connectivity index (χ1v) is 7.83. The summed E-state index contributed by atoms with van der Waals surface area (Å²) in [6.45, 7) is 3.24. The Labute approximate surface area is 135 Å². The number of carbonyl (C=O) groups is 3. The van der Waals surface area contributed by atoms with E-state index in [9.17, 15) is 14.4 Å². The monoisotopic (exact) mass is 318 g/mol. The van der Waals surface area contributed by atoms with Gasteiger partial charge in [0.25, 0.3) is 0 Å². The van der Waals surface area contributed by atoms with Crippen LogP contribution in [0.15, 0.2) is 24.3 Å². The predicted molar refractivity (Wildman–Crippen MR) is 86.2 cm³/mol. The van der Waals surface area contributed by atoms with Crippen LogP contribution in [0.25, 0.3) is 0 Å². The van der Waals surface area contributed by atoms with Crippen LogP contribution in [-0.4, -0.2) is 46.9 Å². The summed E-state index contributed by atoms with van der Waals surface area (Å²) in [5, 5.41) is 9.02. The Hall–Kier alpha value is -2.37. The summed E-state index contributed by atoms with van der Waals surface area (Å²) < 4.78 is 0. The lowest BCUT2D eigenvalue weighted by atomic mass is 10.0. The second-order valence-electron chi connectivity index (χ2n) is 5.78. The van der Waals surface area contributed by atoms with Crippen molar-refractivity contribution in [2.24, 2.45) is 0 Å². The number of aryl methyl sites for hydroxylation is 1. The van der Waals surface area contributed by atoms with Gasteiger partial charge in [0.1, 0.15) is 13.1 Å². The average Bonchev–Trinajstić information content (AvgIpc) is 2.54. The number of carboxylic acids is 1. The Morgan fingerprint density at radius 3 is 2.65 bits per heavy atom. The van der Waals surface area contributed by atoms with Crippen molar-refractivity contribution in [1.29, 1.82) is 0 Å². The highest BCUT2D eigenvalue weighted by Crippen LogP contribution is 2.27. The van der Waals surface area contributed by atoms with Crippen LogP contribution < -0.4 is 4.90 Å². The Kier molecular flexibility index (Phi) is 5.36. The molecular formula is C17H22N2O4. The van der Waals surface area contributed by atoms with Crippen molar-refractivity contribution in [3.05, 3.63) is 29.8 Å². The molecule has 1 unspecified atom stereocenters. The number of hydrogen-bond acceptors (Lipinski definition) is 3. The molecule has 0 aromatic heterocycles. The van der Waals surface area contributed by atoms with Gasteiger partial charge in [-0.1, -0.05) is 25.1 Å². The summed E-state index contributed by atoms with van der Waals surface area (Å²) in [6.07, 6.45) is 1.69. The van der Waals surface area contributed by atoms with Gasteiger partial charge in [-0.2, -0.15) is 0 Å². The molecule has 124 valence electrons. The largest absolute Gasteiger partial charge is 0.480 e. The maximum absolute atomic E-state index is 12.6. The Morgan fingerprint density at radius 2 is 2.00 bits per heavy atom. The summed E-state index contributed by atoms with van der Waals surface area (Å²) in [7, 11) is 0. The van der Waals surface area contributed by atoms with Crippen molar-refractivity contribution in [3.8, 4) is 0 Å². The lowest BCUT2D eigenvalue weighted by Crippen LogP contribution is -2.49. The van der Waals surface area contributed by atoms with Crippen LogP contribution in [0.1, 0.15) is 32.3 Å². The molecule has 0 saturated heterocycles. The van der Waals surface area contributed by atoms with Gasteiger partial charge in [-0.3, -0.25) is 14.4 Å². The fourth-order valence-electron chi connectivity index (χ4n) is 2.75. The minimum Gasteiger partial charge on any atom is -0.480 e. The number of benzene rings is 1. The van der Waals surface area contributed by atoms with Gasteiger partial charge in [-0.05, 0) is 31.4 Å². The Bertz CT molecular complexity index is 614. The molecule has 1 heterocycles. The first-order valence-electron chi connectivity index (χ1n) is 7.83. The number of aliphatic carboxylic acids is 1. The number of nitrogens with zero attached hydrogens (tertiary/aromatic N) is 2. The summed E-state index contributed by atoms with van der Waals surface area (Å²) >= 11 is 0. The normalized spacial score (nSPS) is 15.0. The quantitative estimate of drug-likeness (QED) is 0.865. The third kappa shape index (κ3) is 3.88. The number of rotatable bonds is 6. The van der Waals surface area contributed by atoms with E-state index in [1.807, 2.05) is 38.1 Å². The third-order valence-electron chi connectivity index (χ3n) is 4.23. The molecule has 2 amide bonds. The summed E-state index contributed by atoms with van der Waals surface area (Å²) in [5.41, 5.74) is 1.78. The first-order chi connectivity index (χ1) is 10.9. The number of hydrogen-bond donors (Lipinski definition) is 1. The van der Waals surface area contributed by atoms with Gasteiger partial charge in [0.2, 0.25) is 11.8 Å². The standard InChI is InChI=1S/C17H22N2O4/c1-3-12(2)18(11-17(22)23)16(21)10-19-14-7-5-4-6-13(14)8-9-15(19)20/h4-7,12H,3,8-11H2,1-2H3,(H,22,23). The van der Waals surface area contributed by atoms with Crippen LogP contribution in [0.2, 0.25) is 0 Å². The Morgan fingerprint density at radius 1 is 1.30 bits per heavy atom. The molecule has 1 aromatic carbocycles. The number of carbonyl (C=O) groups excluding carboxylic acids is 2. The van der Waals surface area contributed by atoms with Crippen molar-refractivity contribution in [2.45, 2.75) is 39.2 Å². The molecule has 2 rings (SSSR count). The van der Waals surface area contributed by atoms with E-state index in [2.05, 4.69) is 0 Å². The van der Waals surface area contributed by atoms with E-state index in [0.29, 0.717) is 19.3 Å². The summed E-state index contributed by atoms with van der Waals surface area (Å²) in [5.74, 6) is -1.49. The molecule has 1 aromatic rings. The smallest absolute Gasteiger partial charge is 0.323 e. The second kappa shape index (κ2) is 7.26. The molecular weight excluding hydrogens is 296 g/mol. The highest BCUT2D eigenvalue weighted by molar-refractivity contribution is 6.01. The van der Waals surface area contributed by atoms with E-state index < -0.39 is 5.97 Å². The van der Waals surface area contributed by atoms with Gasteiger partial charge in [0.15, 0.2) is 0 Å². The third-order valence-corrected chi connectivity index (χ3v) is 4.23. The molecule has 6 nitrogen and oxygen atoms in total. The maximum Gasteiger partial charge on any atom is 0.323 e. The summed E-state index contributed by atoms with van der Waals surface area (Å²) in [4.78, 5) is 38.6. The number of anilines is 1. The molecule has 0 bridgehead atoms. The lowest BCUT2D eigenvalue weighted by Gasteiger charge is -2.33. The molecule has 6 heteroatoms. The molecule has 1 aliphatic rings. The fraction of sp³-hybridized carbons (Fsp3) is 0.471. The van der Waals surface area contributed by atoms with Crippen molar-refractivity contribution in [2.75, 3.05) is 18.0 Å². The topological polar surface area (TPSA) is 77.9 Å². The van der Waals surface area contributed by atoms with Crippen molar-refractivity contribution >= 4 is 23.5 Å². The van der Waals surface area contributed by atoms with Crippen molar-refractivity contribution in [1.82, 2.24) is 4.90 Å². The fourth-order valence-corrected chi connectivity index (χ4v) is 2.75. The molecule has 1 N–H and O–H groups in total. The molecule has 0 saturated carbocycles. The van der Waals surface area contributed by atoms with E-state index in [0.717, 1.165) is 11.3 Å². The van der Waals surface area contributed by atoms with E-state index in [4.69, 9.17) is 5.11 Å². The minimum atomic E-state index is -1.05. The zero-order valence-electron chi connectivity index (χ0n) is 13.5. The lowest BCUT2D eigenvalue weighted by molar-refractivity contribution is -0.145. The zero-order valence-corrected chi connectivity index (χ0v) is 13.5. The van der Waals surface area contributed by atoms with Crippen LogP contribution >= 0.6 is 0 Å². The predicted octanol–water partition coefficient (Wildman–Crippen LogP) is 1.68. The molecule has 0 spiro atoms. The van der Waals surface area contributed by atoms with Crippen molar-refractivity contribution < 1.29 is 19.5 Å². The zero-order chi connectivity index (χ0) is 17.0. The van der Waals surface area contributed by atoms with Gasteiger partial charge in [-0.25, -0.2) is 0 Å². The van der Waals surface area contributed by atoms with Gasteiger partial charge < -0.3 is 14.9 Å². The van der Waals surface area contributed by atoms with Crippen LogP contribution in [-0.2, 0) is 20.8 Å². The summed E-state index contributed by atoms with van der Waals surface area (Å²) in [6, 6.07) is 7.32. The van der Waals surface area contributed by atoms with Crippen LogP contribution in [0, 0.1) is 0 Å². The molecule has 0 radical (unpaired) electrons. The van der Waals surface area contributed by atoms with E-state index in [1.54, 1.807) is 0 Å². The first kappa shape index (κ1) is 17.0. The Balaban J connectivity index is 2.20. The van der Waals surface area contributed by atoms with Crippen LogP contribution in [0.3, 0.4) is 0 Å². The van der Waals surface area contributed by atoms with Crippen LogP contribution in [0.4, 0.5) is 5.69 Å². The number of para-hydroxylation sites is 1. The number of carboxylic acid groups (broad SMARTS) is 1. The highest BCUT2D eigenvalue weighted by atomic mass is 16.4.